The van der Waals surface area contributed by atoms with Crippen molar-refractivity contribution < 1.29 is 18.9 Å². The second-order valence-electron chi connectivity index (χ2n) is 5.82. The number of amides is 1. The molecule has 134 valence electrons. The number of aryl methyl sites for hydroxylation is 2. The number of hydrogen-bond acceptors (Lipinski definition) is 5. The zero-order valence-electron chi connectivity index (χ0n) is 14.7. The van der Waals surface area contributed by atoms with Gasteiger partial charge in [0.1, 0.15) is 18.1 Å². The van der Waals surface area contributed by atoms with E-state index in [0.29, 0.717) is 24.5 Å². The van der Waals surface area contributed by atoms with Crippen LogP contribution in [-0.2, 0) is 18.1 Å². The Labute approximate surface area is 151 Å². The van der Waals surface area contributed by atoms with Crippen molar-refractivity contribution in [1.82, 2.24) is 10.6 Å². The molecule has 0 spiro atoms. The maximum absolute atomic E-state index is 12.1. The molecule has 1 N–H and O–H groups in total. The van der Waals surface area contributed by atoms with E-state index in [9.17, 15) is 4.79 Å². The van der Waals surface area contributed by atoms with Gasteiger partial charge in [0.15, 0.2) is 0 Å². The number of carbonyl (C=O) groups excluding carboxylic acids is 1. The third-order valence-corrected chi connectivity index (χ3v) is 3.93. The molecular formula is C20H20N2O4. The minimum atomic E-state index is -0.307. The van der Waals surface area contributed by atoms with Crippen molar-refractivity contribution >= 4 is 5.91 Å². The Kier molecular flexibility index (Phi) is 5.66. The Morgan fingerprint density at radius 3 is 2.42 bits per heavy atom. The first-order valence-electron chi connectivity index (χ1n) is 8.24. The molecule has 3 rings (SSSR count). The van der Waals surface area contributed by atoms with Gasteiger partial charge in [-0.3, -0.25) is 9.63 Å². The predicted octanol–water partition coefficient (Wildman–Crippen LogP) is 3.73. The molecule has 6 nitrogen and oxygen atoms in total. The number of nitrogens with zero attached hydrogens (tertiary/aromatic N) is 1. The standard InChI is InChI=1S/C20H20N2O4/c1-14-19(15(2)26-21-14)13-24-18-10-8-17(9-11-18)20(23)22-25-12-16-6-4-3-5-7-16/h3-11H,12-13H2,1-2H3,(H,22,23). The molecule has 0 aliphatic heterocycles. The van der Waals surface area contributed by atoms with E-state index in [4.69, 9.17) is 14.1 Å². The highest BCUT2D eigenvalue weighted by Gasteiger charge is 2.10. The zero-order valence-corrected chi connectivity index (χ0v) is 14.7. The summed E-state index contributed by atoms with van der Waals surface area (Å²) in [6.45, 7) is 4.40. The van der Waals surface area contributed by atoms with Crippen molar-refractivity contribution in [3.8, 4) is 5.75 Å². The molecule has 0 aliphatic rings. The molecule has 0 unspecified atom stereocenters. The van der Waals surface area contributed by atoms with E-state index in [-0.39, 0.29) is 5.91 Å². The number of nitrogens with one attached hydrogen (secondary N) is 1. The highest BCUT2D eigenvalue weighted by molar-refractivity contribution is 5.93. The fraction of sp³-hybridized carbons (Fsp3) is 0.200. The van der Waals surface area contributed by atoms with E-state index in [1.807, 2.05) is 44.2 Å². The first kappa shape index (κ1) is 17.7. The summed E-state index contributed by atoms with van der Waals surface area (Å²) in [4.78, 5) is 17.3. The summed E-state index contributed by atoms with van der Waals surface area (Å²) in [5, 5.41) is 3.89. The van der Waals surface area contributed by atoms with Crippen molar-refractivity contribution in [2.45, 2.75) is 27.1 Å². The number of rotatable bonds is 7. The van der Waals surface area contributed by atoms with Crippen molar-refractivity contribution in [3.63, 3.8) is 0 Å². The molecule has 2 aromatic carbocycles. The van der Waals surface area contributed by atoms with E-state index in [1.54, 1.807) is 24.3 Å². The Hall–Kier alpha value is -3.12. The van der Waals surface area contributed by atoms with Crippen molar-refractivity contribution in [2.24, 2.45) is 0 Å². The van der Waals surface area contributed by atoms with Gasteiger partial charge in [0.25, 0.3) is 5.91 Å². The molecule has 0 radical (unpaired) electrons. The number of hydroxylamine groups is 1. The summed E-state index contributed by atoms with van der Waals surface area (Å²) >= 11 is 0. The fourth-order valence-electron chi connectivity index (χ4n) is 2.38. The fourth-order valence-corrected chi connectivity index (χ4v) is 2.38. The van der Waals surface area contributed by atoms with Crippen LogP contribution in [0.3, 0.4) is 0 Å². The predicted molar refractivity (Wildman–Crippen MR) is 95.4 cm³/mol. The van der Waals surface area contributed by atoms with Crippen LogP contribution in [0.2, 0.25) is 0 Å². The topological polar surface area (TPSA) is 73.6 Å². The number of ether oxygens (including phenoxy) is 1. The van der Waals surface area contributed by atoms with Gasteiger partial charge in [-0.05, 0) is 43.7 Å². The third kappa shape index (κ3) is 4.49. The van der Waals surface area contributed by atoms with Crippen LogP contribution in [0.25, 0.3) is 0 Å². The second kappa shape index (κ2) is 8.31. The molecule has 0 saturated carbocycles. The third-order valence-electron chi connectivity index (χ3n) is 3.93. The van der Waals surface area contributed by atoms with Crippen molar-refractivity contribution in [1.29, 1.82) is 0 Å². The lowest BCUT2D eigenvalue weighted by Crippen LogP contribution is -2.23. The molecule has 3 aromatic rings. The van der Waals surface area contributed by atoms with E-state index in [1.165, 1.54) is 0 Å². The van der Waals surface area contributed by atoms with E-state index < -0.39 is 0 Å². The van der Waals surface area contributed by atoms with Gasteiger partial charge in [0.2, 0.25) is 0 Å². The molecule has 0 saturated heterocycles. The second-order valence-corrected chi connectivity index (χ2v) is 5.82. The van der Waals surface area contributed by atoms with Gasteiger partial charge in [-0.25, -0.2) is 5.48 Å². The quantitative estimate of drug-likeness (QED) is 0.656. The van der Waals surface area contributed by atoms with Gasteiger partial charge >= 0.3 is 0 Å². The van der Waals surface area contributed by atoms with E-state index in [0.717, 1.165) is 22.6 Å². The summed E-state index contributed by atoms with van der Waals surface area (Å²) in [5.41, 5.74) is 5.65. The zero-order chi connectivity index (χ0) is 18.4. The van der Waals surface area contributed by atoms with Crippen LogP contribution in [0.4, 0.5) is 0 Å². The molecule has 0 bridgehead atoms. The SMILES string of the molecule is Cc1noc(C)c1COc1ccc(C(=O)NOCc2ccccc2)cc1. The van der Waals surface area contributed by atoms with Crippen molar-refractivity contribution in [3.05, 3.63) is 82.7 Å². The van der Waals surface area contributed by atoms with Crippen LogP contribution in [0.15, 0.2) is 59.1 Å². The molecule has 0 atom stereocenters. The Bertz CT molecular complexity index is 838. The maximum atomic E-state index is 12.1. The minimum Gasteiger partial charge on any atom is -0.489 e. The Morgan fingerprint density at radius 2 is 1.77 bits per heavy atom. The molecule has 0 fully saturated rings. The monoisotopic (exact) mass is 352 g/mol. The molecule has 1 amide bonds. The highest BCUT2D eigenvalue weighted by atomic mass is 16.6. The lowest BCUT2D eigenvalue weighted by atomic mass is 10.2. The average Bonchev–Trinajstić information content (AvgIpc) is 2.99. The van der Waals surface area contributed by atoms with Gasteiger partial charge in [0.05, 0.1) is 17.9 Å². The summed E-state index contributed by atoms with van der Waals surface area (Å²) in [7, 11) is 0. The molecule has 0 aliphatic carbocycles. The molecule has 1 aromatic heterocycles. The average molecular weight is 352 g/mol. The van der Waals surface area contributed by atoms with Crippen LogP contribution in [0, 0.1) is 13.8 Å². The van der Waals surface area contributed by atoms with Crippen LogP contribution in [0.1, 0.15) is 32.9 Å². The minimum absolute atomic E-state index is 0.307. The van der Waals surface area contributed by atoms with Gasteiger partial charge < -0.3 is 9.26 Å². The normalized spacial score (nSPS) is 10.5. The van der Waals surface area contributed by atoms with Crippen LogP contribution >= 0.6 is 0 Å². The van der Waals surface area contributed by atoms with Crippen LogP contribution in [0.5, 0.6) is 5.75 Å². The van der Waals surface area contributed by atoms with Crippen LogP contribution in [-0.4, -0.2) is 11.1 Å². The maximum Gasteiger partial charge on any atom is 0.274 e. The number of hydrogen-bond donors (Lipinski definition) is 1. The van der Waals surface area contributed by atoms with Gasteiger partial charge in [-0.15, -0.1) is 0 Å². The van der Waals surface area contributed by atoms with Gasteiger partial charge in [-0.1, -0.05) is 35.5 Å². The summed E-state index contributed by atoms with van der Waals surface area (Å²) < 4.78 is 10.8. The highest BCUT2D eigenvalue weighted by Crippen LogP contribution is 2.18. The molecule has 6 heteroatoms. The number of benzene rings is 2. The van der Waals surface area contributed by atoms with Gasteiger partial charge in [-0.2, -0.15) is 0 Å². The number of aromatic nitrogens is 1. The lowest BCUT2D eigenvalue weighted by molar-refractivity contribution is 0.0233. The largest absolute Gasteiger partial charge is 0.489 e. The molecule has 1 heterocycles. The van der Waals surface area contributed by atoms with E-state index in [2.05, 4.69) is 10.6 Å². The van der Waals surface area contributed by atoms with E-state index >= 15 is 0 Å². The Balaban J connectivity index is 1.49. The molecular weight excluding hydrogens is 332 g/mol. The van der Waals surface area contributed by atoms with Crippen molar-refractivity contribution in [2.75, 3.05) is 0 Å². The lowest BCUT2D eigenvalue weighted by Gasteiger charge is -2.08. The summed E-state index contributed by atoms with van der Waals surface area (Å²) in [6, 6.07) is 16.5. The summed E-state index contributed by atoms with van der Waals surface area (Å²) in [5.74, 6) is 1.10. The first-order chi connectivity index (χ1) is 12.6. The van der Waals surface area contributed by atoms with Crippen LogP contribution < -0.4 is 10.2 Å². The Morgan fingerprint density at radius 1 is 1.04 bits per heavy atom. The first-order valence-corrected chi connectivity index (χ1v) is 8.24. The smallest absolute Gasteiger partial charge is 0.274 e. The number of carbonyl (C=O) groups is 1. The summed E-state index contributed by atoms with van der Waals surface area (Å²) in [6.07, 6.45) is 0. The van der Waals surface area contributed by atoms with Gasteiger partial charge in [0, 0.05) is 5.56 Å². The molecule has 26 heavy (non-hydrogen) atoms.